The number of aromatic nitrogens is 2. The molecule has 0 aliphatic heterocycles. The van der Waals surface area contributed by atoms with Crippen LogP contribution in [0.4, 0.5) is 10.8 Å². The Morgan fingerprint density at radius 2 is 1.90 bits per heavy atom. The molecule has 0 bridgehead atoms. The van der Waals surface area contributed by atoms with E-state index in [9.17, 15) is 4.79 Å². The Bertz CT molecular complexity index is 934. The van der Waals surface area contributed by atoms with E-state index in [1.54, 1.807) is 0 Å². The number of ether oxygens (including phenoxy) is 1. The number of nitrogens with zero attached hydrogens (tertiary/aromatic N) is 2. The van der Waals surface area contributed by atoms with E-state index in [2.05, 4.69) is 33.0 Å². The van der Waals surface area contributed by atoms with Crippen LogP contribution in [0.2, 0.25) is 0 Å². The van der Waals surface area contributed by atoms with Gasteiger partial charge in [0.1, 0.15) is 5.75 Å². The number of thioether (sulfide) groups is 1. The van der Waals surface area contributed by atoms with Gasteiger partial charge in [-0.25, -0.2) is 0 Å². The van der Waals surface area contributed by atoms with Gasteiger partial charge in [0.2, 0.25) is 11.0 Å². The van der Waals surface area contributed by atoms with Crippen LogP contribution in [-0.4, -0.2) is 34.5 Å². The number of carbonyl (C=O) groups excluding carboxylic acids is 1. The smallest absolute Gasteiger partial charge is 0.230 e. The van der Waals surface area contributed by atoms with Gasteiger partial charge < -0.3 is 15.4 Å². The molecule has 3 aromatic rings. The fourth-order valence-electron chi connectivity index (χ4n) is 2.83. The highest BCUT2D eigenvalue weighted by atomic mass is 32.2. The second kappa shape index (κ2) is 11.6. The van der Waals surface area contributed by atoms with Crippen LogP contribution in [0.5, 0.6) is 5.75 Å². The molecule has 1 amide bonds. The third-order valence-corrected chi connectivity index (χ3v) is 6.25. The van der Waals surface area contributed by atoms with Gasteiger partial charge in [0.05, 0.1) is 18.0 Å². The van der Waals surface area contributed by atoms with Crippen molar-refractivity contribution in [3.8, 4) is 5.75 Å². The number of hydrogen-bond acceptors (Lipinski definition) is 7. The van der Waals surface area contributed by atoms with Crippen molar-refractivity contribution in [2.24, 2.45) is 0 Å². The topological polar surface area (TPSA) is 76.1 Å². The van der Waals surface area contributed by atoms with E-state index in [1.807, 2.05) is 56.3 Å². The van der Waals surface area contributed by atoms with Crippen molar-refractivity contribution in [2.45, 2.75) is 37.1 Å². The molecule has 2 aromatic carbocycles. The highest BCUT2D eigenvalue weighted by Crippen LogP contribution is 2.31. The second-order valence-corrected chi connectivity index (χ2v) is 8.91. The number of anilines is 2. The molecule has 30 heavy (non-hydrogen) atoms. The lowest BCUT2D eigenvalue weighted by Crippen LogP contribution is -2.34. The lowest BCUT2D eigenvalue weighted by molar-refractivity contribution is -0.119. The summed E-state index contributed by atoms with van der Waals surface area (Å²) in [7, 11) is 0. The molecule has 0 aliphatic rings. The molecule has 0 radical (unpaired) electrons. The number of rotatable bonds is 11. The van der Waals surface area contributed by atoms with Crippen LogP contribution >= 0.6 is 23.1 Å². The van der Waals surface area contributed by atoms with E-state index in [4.69, 9.17) is 4.74 Å². The molecule has 8 heteroatoms. The summed E-state index contributed by atoms with van der Waals surface area (Å²) < 4.78 is 6.36. The Balaban J connectivity index is 1.43. The molecular weight excluding hydrogens is 416 g/mol. The van der Waals surface area contributed by atoms with Gasteiger partial charge in [-0.2, -0.15) is 0 Å². The summed E-state index contributed by atoms with van der Waals surface area (Å²) in [5.41, 5.74) is 2.13. The summed E-state index contributed by atoms with van der Waals surface area (Å²) in [6.45, 7) is 4.58. The van der Waals surface area contributed by atoms with Crippen molar-refractivity contribution >= 4 is 39.8 Å². The Morgan fingerprint density at radius 3 is 2.70 bits per heavy atom. The average molecular weight is 443 g/mol. The normalized spacial score (nSPS) is 11.7. The van der Waals surface area contributed by atoms with Crippen LogP contribution in [0, 0.1) is 0 Å². The first-order chi connectivity index (χ1) is 14.6. The highest BCUT2D eigenvalue weighted by molar-refractivity contribution is 8.01. The van der Waals surface area contributed by atoms with Crippen LogP contribution in [0.15, 0.2) is 58.9 Å². The molecule has 0 saturated carbocycles. The summed E-state index contributed by atoms with van der Waals surface area (Å²) in [6.07, 6.45) is 1.86. The van der Waals surface area contributed by atoms with Gasteiger partial charge >= 0.3 is 0 Å². The van der Waals surface area contributed by atoms with Crippen LogP contribution < -0.4 is 15.4 Å². The lowest BCUT2D eigenvalue weighted by atomic mass is 10.1. The number of benzene rings is 2. The van der Waals surface area contributed by atoms with Crippen LogP contribution in [0.25, 0.3) is 0 Å². The summed E-state index contributed by atoms with van der Waals surface area (Å²) >= 11 is 2.81. The van der Waals surface area contributed by atoms with Gasteiger partial charge in [0.15, 0.2) is 4.34 Å². The summed E-state index contributed by atoms with van der Waals surface area (Å²) in [6, 6.07) is 18.1. The third-order valence-electron chi connectivity index (χ3n) is 4.28. The van der Waals surface area contributed by atoms with Crippen LogP contribution in [0.1, 0.15) is 25.8 Å². The zero-order valence-corrected chi connectivity index (χ0v) is 18.8. The fraction of sp³-hybridized carbons (Fsp3) is 0.318. The largest absolute Gasteiger partial charge is 0.492 e. The van der Waals surface area contributed by atoms with Crippen LogP contribution in [-0.2, 0) is 11.2 Å². The quantitative estimate of drug-likeness (QED) is 0.411. The minimum atomic E-state index is 0.00645. The monoisotopic (exact) mass is 442 g/mol. The molecular formula is C22H26N4O2S2. The van der Waals surface area contributed by atoms with Gasteiger partial charge in [-0.1, -0.05) is 65.6 Å². The standard InChI is InChI=1S/C22H26N4O2S2/c1-3-28-19-12-8-7-11-18(19)24-21-25-26-22(30-21)29-15-20(27)23-16(2)13-14-17-9-5-4-6-10-17/h4-12,16H,3,13-15H2,1-2H3,(H,23,27)(H,24,25)/t16-/m0/s1. The molecule has 1 heterocycles. The van der Waals surface area contributed by atoms with Gasteiger partial charge in [-0.15, -0.1) is 10.2 Å². The molecule has 1 atom stereocenters. The molecule has 0 aliphatic carbocycles. The molecule has 3 rings (SSSR count). The minimum absolute atomic E-state index is 0.00645. The maximum absolute atomic E-state index is 12.2. The van der Waals surface area contributed by atoms with Crippen molar-refractivity contribution in [1.29, 1.82) is 0 Å². The van der Waals surface area contributed by atoms with Crippen molar-refractivity contribution in [2.75, 3.05) is 17.7 Å². The van der Waals surface area contributed by atoms with Crippen molar-refractivity contribution < 1.29 is 9.53 Å². The van der Waals surface area contributed by atoms with E-state index in [1.165, 1.54) is 28.7 Å². The van der Waals surface area contributed by atoms with Crippen molar-refractivity contribution in [3.63, 3.8) is 0 Å². The Morgan fingerprint density at radius 1 is 1.13 bits per heavy atom. The number of aryl methyl sites for hydroxylation is 1. The maximum Gasteiger partial charge on any atom is 0.230 e. The van der Waals surface area contributed by atoms with Gasteiger partial charge in [0, 0.05) is 6.04 Å². The van der Waals surface area contributed by atoms with Crippen LogP contribution in [0.3, 0.4) is 0 Å². The summed E-state index contributed by atoms with van der Waals surface area (Å²) in [5, 5.41) is 15.3. The molecule has 2 N–H and O–H groups in total. The van der Waals surface area contributed by atoms with E-state index in [0.29, 0.717) is 17.5 Å². The van der Waals surface area contributed by atoms with Gasteiger partial charge in [-0.05, 0) is 44.4 Å². The number of amides is 1. The summed E-state index contributed by atoms with van der Waals surface area (Å²) in [5.74, 6) is 1.10. The van der Waals surface area contributed by atoms with Crippen molar-refractivity contribution in [1.82, 2.24) is 15.5 Å². The molecule has 158 valence electrons. The van der Waals surface area contributed by atoms with E-state index >= 15 is 0 Å². The molecule has 0 unspecified atom stereocenters. The predicted molar refractivity (Wildman–Crippen MR) is 124 cm³/mol. The minimum Gasteiger partial charge on any atom is -0.492 e. The summed E-state index contributed by atoms with van der Waals surface area (Å²) in [4.78, 5) is 12.2. The average Bonchev–Trinajstić information content (AvgIpc) is 3.20. The first kappa shape index (κ1) is 22.1. The molecule has 0 fully saturated rings. The Hall–Kier alpha value is -2.58. The highest BCUT2D eigenvalue weighted by Gasteiger charge is 2.12. The zero-order valence-electron chi connectivity index (χ0n) is 17.1. The Labute approximate surface area is 185 Å². The lowest BCUT2D eigenvalue weighted by Gasteiger charge is -2.13. The zero-order chi connectivity index (χ0) is 21.2. The number of nitrogens with one attached hydrogen (secondary N) is 2. The maximum atomic E-state index is 12.2. The van der Waals surface area contributed by atoms with Crippen molar-refractivity contribution in [3.05, 3.63) is 60.2 Å². The van der Waals surface area contributed by atoms with E-state index in [0.717, 1.165) is 28.6 Å². The molecule has 0 saturated heterocycles. The molecule has 1 aromatic heterocycles. The molecule has 6 nitrogen and oxygen atoms in total. The number of para-hydroxylation sites is 2. The third kappa shape index (κ3) is 7.03. The molecule has 0 spiro atoms. The number of carbonyl (C=O) groups is 1. The first-order valence-corrected chi connectivity index (χ1v) is 11.7. The predicted octanol–water partition coefficient (Wildman–Crippen LogP) is 4.91. The van der Waals surface area contributed by atoms with E-state index < -0.39 is 0 Å². The Kier molecular flexibility index (Phi) is 8.53. The number of hydrogen-bond donors (Lipinski definition) is 2. The van der Waals surface area contributed by atoms with Gasteiger partial charge in [-0.3, -0.25) is 4.79 Å². The van der Waals surface area contributed by atoms with E-state index in [-0.39, 0.29) is 11.9 Å². The second-order valence-electron chi connectivity index (χ2n) is 6.71. The fourth-order valence-corrected chi connectivity index (χ4v) is 4.40. The van der Waals surface area contributed by atoms with Gasteiger partial charge in [0.25, 0.3) is 0 Å². The first-order valence-electron chi connectivity index (χ1n) is 9.92. The SMILES string of the molecule is CCOc1ccccc1Nc1nnc(SCC(=O)N[C@@H](C)CCc2ccccc2)s1.